The van der Waals surface area contributed by atoms with Crippen LogP contribution in [0.15, 0.2) is 36.5 Å². The third-order valence-corrected chi connectivity index (χ3v) is 3.05. The van der Waals surface area contributed by atoms with Crippen molar-refractivity contribution in [1.29, 1.82) is 5.26 Å². The molecule has 0 saturated carbocycles. The molecular weight excluding hydrogens is 286 g/mol. The molecule has 0 fully saturated rings. The minimum Gasteiger partial charge on any atom is -0.475 e. The number of rotatable bonds is 5. The van der Waals surface area contributed by atoms with Crippen LogP contribution in [0, 0.1) is 11.3 Å². The first-order valence-corrected chi connectivity index (χ1v) is 7.01. The van der Waals surface area contributed by atoms with Gasteiger partial charge in [0.1, 0.15) is 6.07 Å². The first-order valence-electron chi connectivity index (χ1n) is 6.63. The number of nitrogens with zero attached hydrogens (tertiary/aromatic N) is 2. The fourth-order valence-corrected chi connectivity index (χ4v) is 1.97. The highest BCUT2D eigenvalue weighted by Crippen LogP contribution is 2.20. The molecule has 1 N–H and O–H groups in total. The molecule has 0 spiro atoms. The number of anilines is 1. The molecule has 0 aliphatic carbocycles. The quantitative estimate of drug-likeness (QED) is 0.906. The predicted molar refractivity (Wildman–Crippen MR) is 83.5 cm³/mol. The minimum atomic E-state index is 0.113. The van der Waals surface area contributed by atoms with Gasteiger partial charge in [-0.2, -0.15) is 5.26 Å². The Morgan fingerprint density at radius 3 is 2.71 bits per heavy atom. The maximum atomic E-state index is 8.83. The summed E-state index contributed by atoms with van der Waals surface area (Å²) in [7, 11) is 0. The van der Waals surface area contributed by atoms with E-state index in [2.05, 4.69) is 10.3 Å². The zero-order chi connectivity index (χ0) is 15.2. The van der Waals surface area contributed by atoms with E-state index in [1.54, 1.807) is 18.3 Å². The van der Waals surface area contributed by atoms with Crippen LogP contribution in [0.5, 0.6) is 5.88 Å². The van der Waals surface area contributed by atoms with E-state index in [0.717, 1.165) is 11.3 Å². The average molecular weight is 302 g/mol. The number of hydrogen-bond acceptors (Lipinski definition) is 4. The molecule has 0 unspecified atom stereocenters. The second-order valence-electron chi connectivity index (χ2n) is 4.83. The number of aromatic nitrogens is 1. The van der Waals surface area contributed by atoms with Crippen molar-refractivity contribution < 1.29 is 4.74 Å². The van der Waals surface area contributed by atoms with Crippen molar-refractivity contribution in [3.8, 4) is 11.9 Å². The van der Waals surface area contributed by atoms with E-state index in [1.807, 2.05) is 38.1 Å². The maximum Gasteiger partial charge on any atom is 0.213 e. The van der Waals surface area contributed by atoms with Crippen LogP contribution in [0.1, 0.15) is 25.0 Å². The summed E-state index contributed by atoms with van der Waals surface area (Å²) in [5.41, 5.74) is 2.37. The van der Waals surface area contributed by atoms with E-state index in [0.29, 0.717) is 23.0 Å². The molecule has 2 rings (SSSR count). The zero-order valence-corrected chi connectivity index (χ0v) is 12.7. The highest BCUT2D eigenvalue weighted by atomic mass is 35.5. The number of hydrogen-bond donors (Lipinski definition) is 1. The molecule has 1 aromatic carbocycles. The Labute approximate surface area is 129 Å². The van der Waals surface area contributed by atoms with Crippen molar-refractivity contribution in [3.63, 3.8) is 0 Å². The normalized spacial score (nSPS) is 10.2. The Balaban J connectivity index is 1.97. The summed E-state index contributed by atoms with van der Waals surface area (Å²) in [6, 6.07) is 11.1. The number of benzene rings is 1. The first kappa shape index (κ1) is 15.1. The maximum absolute atomic E-state index is 8.83. The number of ether oxygens (including phenoxy) is 1. The van der Waals surface area contributed by atoms with Crippen LogP contribution in [0.3, 0.4) is 0 Å². The van der Waals surface area contributed by atoms with Crippen LogP contribution in [-0.4, -0.2) is 11.1 Å². The Hall–Kier alpha value is -2.25. The van der Waals surface area contributed by atoms with E-state index >= 15 is 0 Å². The summed E-state index contributed by atoms with van der Waals surface area (Å²) in [6.07, 6.45) is 1.89. The Bertz CT molecular complexity index is 648. The summed E-state index contributed by atoms with van der Waals surface area (Å²) >= 11 is 5.99. The number of nitriles is 1. The van der Waals surface area contributed by atoms with Crippen LogP contribution in [0.25, 0.3) is 0 Å². The molecule has 0 aliphatic rings. The van der Waals surface area contributed by atoms with Crippen LogP contribution in [0.4, 0.5) is 5.69 Å². The minimum absolute atomic E-state index is 0.113. The second-order valence-corrected chi connectivity index (χ2v) is 5.24. The van der Waals surface area contributed by atoms with Crippen LogP contribution >= 0.6 is 11.6 Å². The molecule has 1 heterocycles. The topological polar surface area (TPSA) is 57.9 Å². The monoisotopic (exact) mass is 301 g/mol. The Morgan fingerprint density at radius 2 is 2.14 bits per heavy atom. The lowest BCUT2D eigenvalue weighted by Gasteiger charge is -2.10. The van der Waals surface area contributed by atoms with Crippen molar-refractivity contribution >= 4 is 17.3 Å². The lowest BCUT2D eigenvalue weighted by molar-refractivity contribution is 0.232. The lowest BCUT2D eigenvalue weighted by atomic mass is 10.2. The standard InChI is InChI=1S/C16H16ClN3O/c1-11(2)21-16-6-3-12(10-20-16)9-19-14-5-4-13(8-18)15(17)7-14/h3-7,10-11,19H,9H2,1-2H3. The predicted octanol–water partition coefficient (Wildman–Crippen LogP) is 4.01. The molecule has 0 atom stereocenters. The highest BCUT2D eigenvalue weighted by molar-refractivity contribution is 6.32. The largest absolute Gasteiger partial charge is 0.475 e. The molecular formula is C16H16ClN3O. The molecule has 0 amide bonds. The third kappa shape index (κ3) is 4.37. The summed E-state index contributed by atoms with van der Waals surface area (Å²) < 4.78 is 5.49. The average Bonchev–Trinajstić information content (AvgIpc) is 2.46. The fraction of sp³-hybridized carbons (Fsp3) is 0.250. The van der Waals surface area contributed by atoms with Gasteiger partial charge in [-0.05, 0) is 37.6 Å². The summed E-state index contributed by atoms with van der Waals surface area (Å²) in [6.45, 7) is 4.55. The van der Waals surface area contributed by atoms with Crippen LogP contribution in [0.2, 0.25) is 5.02 Å². The van der Waals surface area contributed by atoms with Crippen molar-refractivity contribution in [2.45, 2.75) is 26.5 Å². The van der Waals surface area contributed by atoms with Crippen molar-refractivity contribution in [2.24, 2.45) is 0 Å². The fourth-order valence-electron chi connectivity index (χ4n) is 1.75. The smallest absolute Gasteiger partial charge is 0.213 e. The lowest BCUT2D eigenvalue weighted by Crippen LogP contribution is -2.07. The SMILES string of the molecule is CC(C)Oc1ccc(CNc2ccc(C#N)c(Cl)c2)cn1. The van der Waals surface area contributed by atoms with Gasteiger partial charge in [-0.15, -0.1) is 0 Å². The van der Waals surface area contributed by atoms with Gasteiger partial charge in [0.15, 0.2) is 0 Å². The van der Waals surface area contributed by atoms with Gasteiger partial charge in [-0.1, -0.05) is 17.7 Å². The summed E-state index contributed by atoms with van der Waals surface area (Å²) in [5, 5.41) is 12.5. The van der Waals surface area contributed by atoms with Gasteiger partial charge in [0.2, 0.25) is 5.88 Å². The third-order valence-electron chi connectivity index (χ3n) is 2.74. The zero-order valence-electron chi connectivity index (χ0n) is 11.9. The molecule has 21 heavy (non-hydrogen) atoms. The van der Waals surface area contributed by atoms with Crippen LogP contribution < -0.4 is 10.1 Å². The summed E-state index contributed by atoms with van der Waals surface area (Å²) in [4.78, 5) is 4.24. The molecule has 1 aromatic heterocycles. The molecule has 2 aromatic rings. The molecule has 0 radical (unpaired) electrons. The first-order chi connectivity index (χ1) is 10.1. The molecule has 4 nitrogen and oxygen atoms in total. The highest BCUT2D eigenvalue weighted by Gasteiger charge is 2.02. The van der Waals surface area contributed by atoms with E-state index in [1.165, 1.54) is 0 Å². The van der Waals surface area contributed by atoms with E-state index in [-0.39, 0.29) is 6.10 Å². The van der Waals surface area contributed by atoms with Gasteiger partial charge >= 0.3 is 0 Å². The number of halogens is 1. The summed E-state index contributed by atoms with van der Waals surface area (Å²) in [5.74, 6) is 0.621. The van der Waals surface area contributed by atoms with E-state index < -0.39 is 0 Å². The van der Waals surface area contributed by atoms with Gasteiger partial charge in [-0.3, -0.25) is 0 Å². The van der Waals surface area contributed by atoms with Gasteiger partial charge in [0.25, 0.3) is 0 Å². The molecule has 0 saturated heterocycles. The molecule has 5 heteroatoms. The van der Waals surface area contributed by atoms with Crippen molar-refractivity contribution in [3.05, 3.63) is 52.7 Å². The van der Waals surface area contributed by atoms with E-state index in [9.17, 15) is 0 Å². The van der Waals surface area contributed by atoms with Gasteiger partial charge < -0.3 is 10.1 Å². The van der Waals surface area contributed by atoms with Gasteiger partial charge in [-0.25, -0.2) is 4.98 Å². The number of nitrogens with one attached hydrogen (secondary N) is 1. The second kappa shape index (κ2) is 6.96. The number of pyridine rings is 1. The Kier molecular flexibility index (Phi) is 5.02. The van der Waals surface area contributed by atoms with Gasteiger partial charge in [0, 0.05) is 24.5 Å². The Morgan fingerprint density at radius 1 is 1.33 bits per heavy atom. The van der Waals surface area contributed by atoms with Gasteiger partial charge in [0.05, 0.1) is 16.7 Å². The van der Waals surface area contributed by atoms with Crippen LogP contribution in [-0.2, 0) is 6.54 Å². The van der Waals surface area contributed by atoms with Crippen molar-refractivity contribution in [2.75, 3.05) is 5.32 Å². The van der Waals surface area contributed by atoms with E-state index in [4.69, 9.17) is 21.6 Å². The van der Waals surface area contributed by atoms with Crippen molar-refractivity contribution in [1.82, 2.24) is 4.98 Å². The molecule has 0 bridgehead atoms. The molecule has 0 aliphatic heterocycles. The molecule has 108 valence electrons.